The van der Waals surface area contributed by atoms with Crippen molar-refractivity contribution >= 4 is 5.91 Å². The first-order valence-electron chi connectivity index (χ1n) is 7.26. The zero-order valence-corrected chi connectivity index (χ0v) is 12.4. The highest BCUT2D eigenvalue weighted by Crippen LogP contribution is 2.25. The van der Waals surface area contributed by atoms with Crippen molar-refractivity contribution in [1.82, 2.24) is 15.1 Å². The van der Waals surface area contributed by atoms with Gasteiger partial charge in [0.2, 0.25) is 0 Å². The summed E-state index contributed by atoms with van der Waals surface area (Å²) < 4.78 is 17.7. The van der Waals surface area contributed by atoms with Gasteiger partial charge in [-0.2, -0.15) is 5.10 Å². The first kappa shape index (κ1) is 14.8. The summed E-state index contributed by atoms with van der Waals surface area (Å²) in [5, 5.41) is 7.36. The maximum atomic E-state index is 11.9. The molecule has 1 amide bonds. The molecular formula is C15H19N3O4. The number of carbonyl (C=O) groups excluding carboxylic acids is 1. The van der Waals surface area contributed by atoms with Gasteiger partial charge in [0.25, 0.3) is 5.91 Å². The summed E-state index contributed by atoms with van der Waals surface area (Å²) in [5.41, 5.74) is 2.06. The van der Waals surface area contributed by atoms with Gasteiger partial charge in [0.15, 0.2) is 5.76 Å². The molecule has 0 aromatic carbocycles. The number of carbonyl (C=O) groups is 1. The number of methoxy groups -OCH3 is 1. The molecule has 0 aliphatic carbocycles. The van der Waals surface area contributed by atoms with Crippen LogP contribution in [-0.2, 0) is 22.4 Å². The summed E-state index contributed by atoms with van der Waals surface area (Å²) in [6.07, 6.45) is 4.11. The fourth-order valence-corrected chi connectivity index (χ4v) is 2.47. The van der Waals surface area contributed by atoms with Crippen LogP contribution in [0.3, 0.4) is 0 Å². The molecule has 2 aromatic heterocycles. The third-order valence-corrected chi connectivity index (χ3v) is 3.58. The summed E-state index contributed by atoms with van der Waals surface area (Å²) in [7, 11) is 1.67. The van der Waals surface area contributed by atoms with E-state index in [4.69, 9.17) is 13.9 Å². The highest BCUT2D eigenvalue weighted by atomic mass is 16.5. The van der Waals surface area contributed by atoms with Gasteiger partial charge in [-0.1, -0.05) is 0 Å². The number of nitrogens with one attached hydrogen (secondary N) is 1. The second-order valence-electron chi connectivity index (χ2n) is 5.09. The Balaban J connectivity index is 1.64. The number of fused-ring (bicyclic) bond motifs is 1. The highest BCUT2D eigenvalue weighted by molar-refractivity contribution is 5.91. The molecule has 0 radical (unpaired) electrons. The summed E-state index contributed by atoms with van der Waals surface area (Å²) in [6, 6.07) is 3.31. The van der Waals surface area contributed by atoms with E-state index in [9.17, 15) is 4.79 Å². The van der Waals surface area contributed by atoms with Crippen molar-refractivity contribution < 1.29 is 18.7 Å². The Labute approximate surface area is 128 Å². The summed E-state index contributed by atoms with van der Waals surface area (Å²) in [4.78, 5) is 11.9. The summed E-state index contributed by atoms with van der Waals surface area (Å²) in [5.74, 6) is 0.0428. The number of amides is 1. The Morgan fingerprint density at radius 3 is 3.27 bits per heavy atom. The maximum absolute atomic E-state index is 11.9. The molecule has 1 atom stereocenters. The topological polar surface area (TPSA) is 78.5 Å². The lowest BCUT2D eigenvalue weighted by Crippen LogP contribution is -2.31. The molecule has 0 saturated heterocycles. The molecule has 1 aliphatic heterocycles. The third-order valence-electron chi connectivity index (χ3n) is 3.58. The van der Waals surface area contributed by atoms with Gasteiger partial charge in [-0.25, -0.2) is 0 Å². The Morgan fingerprint density at radius 2 is 2.50 bits per heavy atom. The van der Waals surface area contributed by atoms with Gasteiger partial charge in [-0.05, 0) is 24.1 Å². The Kier molecular flexibility index (Phi) is 4.55. The van der Waals surface area contributed by atoms with Crippen LogP contribution in [0.1, 0.15) is 27.9 Å². The van der Waals surface area contributed by atoms with E-state index in [-0.39, 0.29) is 12.0 Å². The van der Waals surface area contributed by atoms with Crippen molar-refractivity contribution in [2.45, 2.75) is 19.1 Å². The van der Waals surface area contributed by atoms with E-state index in [1.54, 1.807) is 19.2 Å². The zero-order chi connectivity index (χ0) is 15.4. The van der Waals surface area contributed by atoms with E-state index < -0.39 is 0 Å². The molecule has 0 fully saturated rings. The van der Waals surface area contributed by atoms with E-state index in [2.05, 4.69) is 10.4 Å². The van der Waals surface area contributed by atoms with E-state index in [1.165, 1.54) is 11.8 Å². The van der Waals surface area contributed by atoms with Gasteiger partial charge in [-0.15, -0.1) is 0 Å². The number of aromatic nitrogens is 2. The van der Waals surface area contributed by atoms with Crippen LogP contribution in [0.25, 0.3) is 0 Å². The minimum absolute atomic E-state index is 0.230. The van der Waals surface area contributed by atoms with Crippen LogP contribution < -0.4 is 5.32 Å². The van der Waals surface area contributed by atoms with Gasteiger partial charge < -0.3 is 19.2 Å². The number of nitrogens with zero attached hydrogens (tertiary/aromatic N) is 2. The number of rotatable bonds is 6. The van der Waals surface area contributed by atoms with Crippen LogP contribution in [0.15, 0.2) is 29.0 Å². The average Bonchev–Trinajstić information content (AvgIpc) is 3.19. The van der Waals surface area contributed by atoms with E-state index in [0.29, 0.717) is 32.1 Å². The molecule has 7 nitrogen and oxygen atoms in total. The SMILES string of the molecule is COCCn1cc2c(n1)[C@H](CNC(=O)c1ccco1)OCC2. The standard InChI is InChI=1S/C15H19N3O4/c1-20-8-5-18-10-11-4-7-22-13(14(11)17-18)9-16-15(19)12-3-2-6-21-12/h2-3,6,10,13H,4-5,7-9H2,1H3,(H,16,19)/t13-/m0/s1. The van der Waals surface area contributed by atoms with Crippen molar-refractivity contribution in [3.63, 3.8) is 0 Å². The molecule has 3 heterocycles. The molecule has 1 aliphatic rings. The normalized spacial score (nSPS) is 17.2. The zero-order valence-electron chi connectivity index (χ0n) is 12.4. The monoisotopic (exact) mass is 305 g/mol. The largest absolute Gasteiger partial charge is 0.459 e. The van der Waals surface area contributed by atoms with Crippen LogP contribution >= 0.6 is 0 Å². The summed E-state index contributed by atoms with van der Waals surface area (Å²) >= 11 is 0. The van der Waals surface area contributed by atoms with E-state index in [1.807, 2.05) is 10.9 Å². The lowest BCUT2D eigenvalue weighted by molar-refractivity contribution is 0.0379. The molecular weight excluding hydrogens is 286 g/mol. The molecule has 7 heteroatoms. The predicted molar refractivity (Wildman–Crippen MR) is 77.5 cm³/mol. The van der Waals surface area contributed by atoms with Crippen LogP contribution in [-0.4, -0.2) is 42.6 Å². The smallest absolute Gasteiger partial charge is 0.287 e. The van der Waals surface area contributed by atoms with Gasteiger partial charge in [0, 0.05) is 19.9 Å². The summed E-state index contributed by atoms with van der Waals surface area (Å²) in [6.45, 7) is 2.31. The molecule has 2 aromatic rings. The number of hydrogen-bond donors (Lipinski definition) is 1. The molecule has 3 rings (SSSR count). The second kappa shape index (κ2) is 6.76. The highest BCUT2D eigenvalue weighted by Gasteiger charge is 2.25. The van der Waals surface area contributed by atoms with Gasteiger partial charge >= 0.3 is 0 Å². The van der Waals surface area contributed by atoms with Crippen molar-refractivity contribution in [2.24, 2.45) is 0 Å². The van der Waals surface area contributed by atoms with Crippen molar-refractivity contribution in [3.8, 4) is 0 Å². The molecule has 22 heavy (non-hydrogen) atoms. The van der Waals surface area contributed by atoms with Crippen LogP contribution in [0.5, 0.6) is 0 Å². The van der Waals surface area contributed by atoms with Crippen LogP contribution in [0.4, 0.5) is 0 Å². The molecule has 1 N–H and O–H groups in total. The van der Waals surface area contributed by atoms with Crippen LogP contribution in [0.2, 0.25) is 0 Å². The minimum Gasteiger partial charge on any atom is -0.459 e. The first-order valence-corrected chi connectivity index (χ1v) is 7.26. The lowest BCUT2D eigenvalue weighted by Gasteiger charge is -2.22. The lowest BCUT2D eigenvalue weighted by atomic mass is 10.1. The van der Waals surface area contributed by atoms with Gasteiger partial charge in [0.1, 0.15) is 6.10 Å². The van der Waals surface area contributed by atoms with E-state index >= 15 is 0 Å². The molecule has 0 unspecified atom stereocenters. The Hall–Kier alpha value is -2.12. The number of ether oxygens (including phenoxy) is 2. The third kappa shape index (κ3) is 3.20. The first-order chi connectivity index (χ1) is 10.8. The van der Waals surface area contributed by atoms with Crippen molar-refractivity contribution in [2.75, 3.05) is 26.9 Å². The fourth-order valence-electron chi connectivity index (χ4n) is 2.47. The van der Waals surface area contributed by atoms with Crippen molar-refractivity contribution in [1.29, 1.82) is 0 Å². The van der Waals surface area contributed by atoms with Crippen molar-refractivity contribution in [3.05, 3.63) is 41.6 Å². The predicted octanol–water partition coefficient (Wildman–Crippen LogP) is 1.17. The molecule has 0 bridgehead atoms. The molecule has 118 valence electrons. The number of furan rings is 1. The van der Waals surface area contributed by atoms with Gasteiger partial charge in [0.05, 0.1) is 31.7 Å². The van der Waals surface area contributed by atoms with Crippen LogP contribution in [0, 0.1) is 0 Å². The average molecular weight is 305 g/mol. The molecule has 0 saturated carbocycles. The molecule has 0 spiro atoms. The second-order valence-corrected chi connectivity index (χ2v) is 5.09. The van der Waals surface area contributed by atoms with Gasteiger partial charge in [-0.3, -0.25) is 9.48 Å². The minimum atomic E-state index is -0.250. The quantitative estimate of drug-likeness (QED) is 0.866. The Morgan fingerprint density at radius 1 is 1.59 bits per heavy atom. The maximum Gasteiger partial charge on any atom is 0.287 e. The Bertz CT molecular complexity index is 621. The number of hydrogen-bond acceptors (Lipinski definition) is 5. The van der Waals surface area contributed by atoms with E-state index in [0.717, 1.165) is 12.1 Å². The fraction of sp³-hybridized carbons (Fsp3) is 0.467.